The summed E-state index contributed by atoms with van der Waals surface area (Å²) in [6.07, 6.45) is 0. The van der Waals surface area contributed by atoms with Crippen LogP contribution in [-0.2, 0) is 6.54 Å². The molecular weight excluding hydrogens is 257 g/mol. The van der Waals surface area contributed by atoms with Crippen LogP contribution in [0, 0.1) is 5.82 Å². The molecule has 0 unspecified atom stereocenters. The van der Waals surface area contributed by atoms with Crippen LogP contribution in [0.3, 0.4) is 0 Å². The average Bonchev–Trinajstić information content (AvgIpc) is 2.36. The van der Waals surface area contributed by atoms with Crippen LogP contribution in [0.15, 0.2) is 24.3 Å². The monoisotopic (exact) mass is 267 g/mol. The summed E-state index contributed by atoms with van der Waals surface area (Å²) in [7, 11) is 1.68. The largest absolute Gasteiger partial charge is 0.357 e. The molecule has 2 rings (SSSR count). The number of aromatic nitrogens is 3. The van der Waals surface area contributed by atoms with Crippen molar-refractivity contribution < 1.29 is 4.39 Å². The molecule has 94 valence electrons. The fourth-order valence-corrected chi connectivity index (χ4v) is 1.53. The molecule has 5 nitrogen and oxygen atoms in total. The van der Waals surface area contributed by atoms with Gasteiger partial charge in [-0.25, -0.2) is 4.39 Å². The average molecular weight is 268 g/mol. The van der Waals surface area contributed by atoms with Gasteiger partial charge in [-0.15, -0.1) is 0 Å². The number of hydrogen-bond acceptors (Lipinski definition) is 5. The van der Waals surface area contributed by atoms with Crippen LogP contribution >= 0.6 is 11.6 Å². The number of hydrogen-bond donors (Lipinski definition) is 2. The number of halogens is 2. The van der Waals surface area contributed by atoms with Crippen molar-refractivity contribution in [2.45, 2.75) is 6.54 Å². The Labute approximate surface area is 108 Å². The molecule has 18 heavy (non-hydrogen) atoms. The molecule has 0 saturated carbocycles. The quantitative estimate of drug-likeness (QED) is 0.890. The number of benzene rings is 1. The Balaban J connectivity index is 2.08. The van der Waals surface area contributed by atoms with E-state index in [2.05, 4.69) is 25.6 Å². The van der Waals surface area contributed by atoms with E-state index in [0.29, 0.717) is 18.4 Å². The topological polar surface area (TPSA) is 62.7 Å². The van der Waals surface area contributed by atoms with Gasteiger partial charge in [0, 0.05) is 13.6 Å². The molecule has 1 aromatic carbocycles. The highest BCUT2D eigenvalue weighted by Gasteiger charge is 2.03. The zero-order valence-electron chi connectivity index (χ0n) is 9.61. The number of rotatable bonds is 4. The van der Waals surface area contributed by atoms with Crippen molar-refractivity contribution in [3.63, 3.8) is 0 Å². The molecule has 1 heterocycles. The Kier molecular flexibility index (Phi) is 3.88. The van der Waals surface area contributed by atoms with E-state index in [0.717, 1.165) is 5.56 Å². The second-order valence-corrected chi connectivity index (χ2v) is 3.82. The lowest BCUT2D eigenvalue weighted by molar-refractivity contribution is 0.626. The van der Waals surface area contributed by atoms with Gasteiger partial charge in [-0.1, -0.05) is 12.1 Å². The fraction of sp³-hybridized carbons (Fsp3) is 0.182. The Morgan fingerprint density at radius 1 is 1.22 bits per heavy atom. The molecule has 0 fully saturated rings. The van der Waals surface area contributed by atoms with E-state index in [-0.39, 0.29) is 11.1 Å². The molecule has 7 heteroatoms. The van der Waals surface area contributed by atoms with Gasteiger partial charge in [-0.3, -0.25) is 0 Å². The molecule has 0 radical (unpaired) electrons. The Morgan fingerprint density at radius 2 is 2.00 bits per heavy atom. The van der Waals surface area contributed by atoms with Gasteiger partial charge >= 0.3 is 0 Å². The van der Waals surface area contributed by atoms with E-state index in [4.69, 9.17) is 11.6 Å². The molecule has 2 N–H and O–H groups in total. The van der Waals surface area contributed by atoms with E-state index < -0.39 is 0 Å². The minimum absolute atomic E-state index is 0.0936. The van der Waals surface area contributed by atoms with Crippen LogP contribution in [0.5, 0.6) is 0 Å². The first kappa shape index (κ1) is 12.5. The standard InChI is InChI=1S/C11H11ClFN5/c1-14-10-16-9(12)17-11(18-10)15-6-7-3-2-4-8(13)5-7/h2-5H,6H2,1H3,(H2,14,15,16,17,18). The third kappa shape index (κ3) is 3.27. The van der Waals surface area contributed by atoms with Gasteiger partial charge in [-0.05, 0) is 29.3 Å². The second-order valence-electron chi connectivity index (χ2n) is 3.49. The maximum Gasteiger partial charge on any atom is 0.229 e. The molecule has 0 bridgehead atoms. The highest BCUT2D eigenvalue weighted by Crippen LogP contribution is 2.10. The van der Waals surface area contributed by atoms with Gasteiger partial charge in [0.2, 0.25) is 17.2 Å². The number of nitrogens with one attached hydrogen (secondary N) is 2. The number of nitrogens with zero attached hydrogens (tertiary/aromatic N) is 3. The Morgan fingerprint density at radius 3 is 2.72 bits per heavy atom. The van der Waals surface area contributed by atoms with E-state index in [1.54, 1.807) is 19.2 Å². The van der Waals surface area contributed by atoms with Gasteiger partial charge in [0.05, 0.1) is 0 Å². The molecule has 0 atom stereocenters. The molecule has 1 aromatic heterocycles. The Bertz CT molecular complexity index is 549. The highest BCUT2D eigenvalue weighted by molar-refractivity contribution is 6.28. The summed E-state index contributed by atoms with van der Waals surface area (Å²) in [5.74, 6) is 0.430. The predicted octanol–water partition coefficient (Wildman–Crippen LogP) is 2.32. The van der Waals surface area contributed by atoms with Crippen molar-refractivity contribution in [2.75, 3.05) is 17.7 Å². The summed E-state index contributed by atoms with van der Waals surface area (Å²) in [4.78, 5) is 11.8. The zero-order chi connectivity index (χ0) is 13.0. The van der Waals surface area contributed by atoms with Crippen molar-refractivity contribution in [3.05, 3.63) is 40.9 Å². The lowest BCUT2D eigenvalue weighted by Gasteiger charge is -2.06. The van der Waals surface area contributed by atoms with Crippen LogP contribution in [0.1, 0.15) is 5.56 Å². The van der Waals surface area contributed by atoms with Gasteiger partial charge in [-0.2, -0.15) is 15.0 Å². The molecule has 2 aromatic rings. The first-order valence-electron chi connectivity index (χ1n) is 5.25. The lowest BCUT2D eigenvalue weighted by atomic mass is 10.2. The summed E-state index contributed by atoms with van der Waals surface area (Å²) < 4.78 is 13.0. The van der Waals surface area contributed by atoms with Crippen molar-refractivity contribution in [2.24, 2.45) is 0 Å². The molecule has 0 aliphatic heterocycles. The van der Waals surface area contributed by atoms with Gasteiger partial charge in [0.1, 0.15) is 5.82 Å². The van der Waals surface area contributed by atoms with Gasteiger partial charge in [0.15, 0.2) is 0 Å². The molecule has 0 aliphatic rings. The van der Waals surface area contributed by atoms with Crippen molar-refractivity contribution in [1.29, 1.82) is 0 Å². The third-order valence-corrected chi connectivity index (χ3v) is 2.34. The maximum absolute atomic E-state index is 13.0. The van der Waals surface area contributed by atoms with E-state index in [1.165, 1.54) is 12.1 Å². The lowest BCUT2D eigenvalue weighted by Crippen LogP contribution is -2.07. The van der Waals surface area contributed by atoms with Crippen LogP contribution in [0.2, 0.25) is 5.28 Å². The number of anilines is 2. The molecule has 0 aliphatic carbocycles. The third-order valence-electron chi connectivity index (χ3n) is 2.17. The van der Waals surface area contributed by atoms with Crippen molar-refractivity contribution >= 4 is 23.5 Å². The SMILES string of the molecule is CNc1nc(Cl)nc(NCc2cccc(F)c2)n1. The van der Waals surface area contributed by atoms with Crippen LogP contribution in [0.25, 0.3) is 0 Å². The van der Waals surface area contributed by atoms with E-state index in [9.17, 15) is 4.39 Å². The summed E-state index contributed by atoms with van der Waals surface area (Å²) in [5, 5.41) is 5.81. The molecule has 0 saturated heterocycles. The highest BCUT2D eigenvalue weighted by atomic mass is 35.5. The summed E-state index contributed by atoms with van der Waals surface area (Å²) in [5.41, 5.74) is 0.789. The smallest absolute Gasteiger partial charge is 0.229 e. The second kappa shape index (κ2) is 5.59. The summed E-state index contributed by atoms with van der Waals surface area (Å²) in [6, 6.07) is 6.28. The molecule has 0 amide bonds. The maximum atomic E-state index is 13.0. The van der Waals surface area contributed by atoms with Gasteiger partial charge in [0.25, 0.3) is 0 Å². The van der Waals surface area contributed by atoms with E-state index >= 15 is 0 Å². The van der Waals surface area contributed by atoms with Crippen LogP contribution in [0.4, 0.5) is 16.3 Å². The van der Waals surface area contributed by atoms with Crippen molar-refractivity contribution in [3.8, 4) is 0 Å². The summed E-state index contributed by atoms with van der Waals surface area (Å²) in [6.45, 7) is 0.404. The van der Waals surface area contributed by atoms with E-state index in [1.807, 2.05) is 0 Å². The van der Waals surface area contributed by atoms with Crippen LogP contribution in [-0.4, -0.2) is 22.0 Å². The van der Waals surface area contributed by atoms with Crippen molar-refractivity contribution in [1.82, 2.24) is 15.0 Å². The first-order chi connectivity index (χ1) is 8.67. The predicted molar refractivity (Wildman–Crippen MR) is 68.1 cm³/mol. The fourth-order valence-electron chi connectivity index (χ4n) is 1.37. The van der Waals surface area contributed by atoms with Gasteiger partial charge < -0.3 is 10.6 Å². The molecule has 0 spiro atoms. The summed E-state index contributed by atoms with van der Waals surface area (Å²) >= 11 is 5.73. The minimum Gasteiger partial charge on any atom is -0.357 e. The first-order valence-corrected chi connectivity index (χ1v) is 5.63. The molecular formula is C11H11ClFN5. The van der Waals surface area contributed by atoms with Crippen LogP contribution < -0.4 is 10.6 Å². The zero-order valence-corrected chi connectivity index (χ0v) is 10.4. The normalized spacial score (nSPS) is 10.2. The Hall–Kier alpha value is -1.95. The minimum atomic E-state index is -0.279.